The maximum absolute atomic E-state index is 13.6. The van der Waals surface area contributed by atoms with E-state index in [9.17, 15) is 4.39 Å². The van der Waals surface area contributed by atoms with E-state index in [0.29, 0.717) is 6.54 Å². The van der Waals surface area contributed by atoms with E-state index in [1.165, 1.54) is 21.9 Å². The molecular formula is C23H29FN6O+2. The molecule has 3 aromatic rings. The molecule has 0 aliphatic carbocycles. The summed E-state index contributed by atoms with van der Waals surface area (Å²) in [5.41, 5.74) is 2.11. The van der Waals surface area contributed by atoms with Crippen LogP contribution >= 0.6 is 0 Å². The van der Waals surface area contributed by atoms with Crippen molar-refractivity contribution in [2.24, 2.45) is 0 Å². The second-order valence-electron chi connectivity index (χ2n) is 7.93. The summed E-state index contributed by atoms with van der Waals surface area (Å²) in [6.45, 7) is 9.49. The first-order valence-corrected chi connectivity index (χ1v) is 10.6. The monoisotopic (exact) mass is 424 g/mol. The maximum Gasteiger partial charge on any atom is 0.214 e. The van der Waals surface area contributed by atoms with E-state index in [-0.39, 0.29) is 11.9 Å². The third-order valence-electron chi connectivity index (χ3n) is 5.95. The molecule has 2 aromatic carbocycles. The van der Waals surface area contributed by atoms with Gasteiger partial charge in [-0.05, 0) is 58.5 Å². The lowest BCUT2D eigenvalue weighted by Crippen LogP contribution is -3.28. The van der Waals surface area contributed by atoms with Gasteiger partial charge in [-0.15, -0.1) is 5.10 Å². The summed E-state index contributed by atoms with van der Waals surface area (Å²) in [5.74, 6) is 1.37. The first-order chi connectivity index (χ1) is 15.2. The van der Waals surface area contributed by atoms with Crippen molar-refractivity contribution in [3.8, 4) is 5.75 Å². The summed E-state index contributed by atoms with van der Waals surface area (Å²) in [4.78, 5) is 2.93. The predicted molar refractivity (Wildman–Crippen MR) is 115 cm³/mol. The number of nitrogens with one attached hydrogen (secondary N) is 2. The Morgan fingerprint density at radius 3 is 2.45 bits per heavy atom. The van der Waals surface area contributed by atoms with Crippen molar-refractivity contribution < 1.29 is 18.9 Å². The number of benzene rings is 2. The molecule has 1 aromatic heterocycles. The van der Waals surface area contributed by atoms with E-state index in [4.69, 9.17) is 4.74 Å². The highest BCUT2D eigenvalue weighted by molar-refractivity contribution is 5.28. The van der Waals surface area contributed by atoms with E-state index in [1.807, 2.05) is 47.2 Å². The van der Waals surface area contributed by atoms with E-state index < -0.39 is 0 Å². The molecule has 7 nitrogen and oxygen atoms in total. The number of quaternary nitrogens is 2. The second-order valence-corrected chi connectivity index (χ2v) is 7.93. The minimum Gasteiger partial charge on any atom is -0.497 e. The molecule has 1 saturated heterocycles. The zero-order chi connectivity index (χ0) is 21.6. The van der Waals surface area contributed by atoms with Crippen molar-refractivity contribution in [1.82, 2.24) is 20.2 Å². The van der Waals surface area contributed by atoms with E-state index in [1.54, 1.807) is 7.11 Å². The number of aromatic nitrogens is 4. The summed E-state index contributed by atoms with van der Waals surface area (Å²) in [7, 11) is 1.65. The Balaban J connectivity index is 1.62. The Morgan fingerprint density at radius 2 is 1.81 bits per heavy atom. The average Bonchev–Trinajstić information content (AvgIpc) is 3.25. The van der Waals surface area contributed by atoms with Gasteiger partial charge in [-0.2, -0.15) is 0 Å². The molecule has 0 bridgehead atoms. The zero-order valence-corrected chi connectivity index (χ0v) is 17.8. The first kappa shape index (κ1) is 21.1. The molecular weight excluding hydrogens is 395 g/mol. The van der Waals surface area contributed by atoms with Crippen LogP contribution in [0.2, 0.25) is 0 Å². The molecule has 162 valence electrons. The largest absolute Gasteiger partial charge is 0.497 e. The maximum atomic E-state index is 13.6. The van der Waals surface area contributed by atoms with Crippen molar-refractivity contribution in [2.75, 3.05) is 39.8 Å². The number of ether oxygens (including phenoxy) is 1. The molecule has 8 heteroatoms. The number of hydrogen-bond acceptors (Lipinski definition) is 4. The SMILES string of the molecule is C=CC[NH+]1CC[NH+]([C@@H](c2ccc(F)cc2)c2nnnn2Cc2ccc(OC)cc2)CC1. The summed E-state index contributed by atoms with van der Waals surface area (Å²) >= 11 is 0. The Kier molecular flexibility index (Phi) is 6.69. The molecule has 2 N–H and O–H groups in total. The normalized spacial score (nSPS) is 19.7. The van der Waals surface area contributed by atoms with Gasteiger partial charge in [0.05, 0.1) is 20.2 Å². The van der Waals surface area contributed by atoms with Gasteiger partial charge in [0.2, 0.25) is 5.82 Å². The molecule has 4 rings (SSSR count). The van der Waals surface area contributed by atoms with Crippen LogP contribution in [0.25, 0.3) is 0 Å². The lowest BCUT2D eigenvalue weighted by molar-refractivity contribution is -1.02. The summed E-state index contributed by atoms with van der Waals surface area (Å²) in [6.07, 6.45) is 1.98. The number of tetrazole rings is 1. The van der Waals surface area contributed by atoms with Gasteiger partial charge in [0, 0.05) is 5.56 Å². The average molecular weight is 425 g/mol. The van der Waals surface area contributed by atoms with Crippen molar-refractivity contribution in [1.29, 1.82) is 0 Å². The van der Waals surface area contributed by atoms with Crippen LogP contribution in [-0.2, 0) is 6.54 Å². The van der Waals surface area contributed by atoms with Crippen molar-refractivity contribution in [3.05, 3.63) is 84.0 Å². The minimum absolute atomic E-state index is 0.0564. The fourth-order valence-electron chi connectivity index (χ4n) is 4.28. The van der Waals surface area contributed by atoms with Crippen LogP contribution in [0.4, 0.5) is 4.39 Å². The molecule has 31 heavy (non-hydrogen) atoms. The molecule has 0 amide bonds. The molecule has 0 radical (unpaired) electrons. The molecule has 1 atom stereocenters. The molecule has 1 fully saturated rings. The summed E-state index contributed by atoms with van der Waals surface area (Å²) < 4.78 is 20.7. The smallest absolute Gasteiger partial charge is 0.214 e. The van der Waals surface area contributed by atoms with Gasteiger partial charge in [-0.1, -0.05) is 18.7 Å². The fraction of sp³-hybridized carbons (Fsp3) is 0.348. The predicted octanol–water partition coefficient (Wildman–Crippen LogP) is -0.0721. The number of halogens is 1. The highest BCUT2D eigenvalue weighted by Gasteiger charge is 2.35. The topological polar surface area (TPSA) is 61.7 Å². The molecule has 0 spiro atoms. The van der Waals surface area contributed by atoms with Crippen LogP contribution in [0.15, 0.2) is 61.2 Å². The van der Waals surface area contributed by atoms with Crippen molar-refractivity contribution >= 4 is 0 Å². The van der Waals surface area contributed by atoms with E-state index >= 15 is 0 Å². The van der Waals surface area contributed by atoms with Crippen LogP contribution < -0.4 is 14.5 Å². The van der Waals surface area contributed by atoms with E-state index in [2.05, 4.69) is 22.1 Å². The highest BCUT2D eigenvalue weighted by Crippen LogP contribution is 2.19. The fourth-order valence-corrected chi connectivity index (χ4v) is 4.28. The number of methoxy groups -OCH3 is 1. The van der Waals surface area contributed by atoms with Gasteiger partial charge in [0.25, 0.3) is 0 Å². The van der Waals surface area contributed by atoms with Gasteiger partial charge < -0.3 is 14.5 Å². The number of hydrogen-bond donors (Lipinski definition) is 2. The first-order valence-electron chi connectivity index (χ1n) is 10.6. The number of rotatable bonds is 8. The van der Waals surface area contributed by atoms with Gasteiger partial charge in [0.15, 0.2) is 6.04 Å². The Labute approximate surface area is 181 Å². The zero-order valence-electron chi connectivity index (χ0n) is 17.8. The van der Waals surface area contributed by atoms with E-state index in [0.717, 1.165) is 55.4 Å². The third kappa shape index (κ3) is 4.98. The van der Waals surface area contributed by atoms with Crippen LogP contribution in [0.5, 0.6) is 5.75 Å². The number of piperazine rings is 1. The molecule has 1 aliphatic rings. The van der Waals surface area contributed by atoms with Crippen LogP contribution in [0.1, 0.15) is 23.0 Å². The quantitative estimate of drug-likeness (QED) is 0.497. The van der Waals surface area contributed by atoms with Gasteiger partial charge in [0.1, 0.15) is 37.7 Å². The summed E-state index contributed by atoms with van der Waals surface area (Å²) in [6, 6.07) is 14.6. The van der Waals surface area contributed by atoms with Crippen molar-refractivity contribution in [2.45, 2.75) is 12.6 Å². The number of nitrogens with zero attached hydrogens (tertiary/aromatic N) is 4. The Bertz CT molecular complexity index is 980. The van der Waals surface area contributed by atoms with Gasteiger partial charge in [-0.3, -0.25) is 0 Å². The van der Waals surface area contributed by atoms with Gasteiger partial charge >= 0.3 is 0 Å². The minimum atomic E-state index is -0.240. The lowest BCUT2D eigenvalue weighted by Gasteiger charge is -2.33. The molecule has 0 unspecified atom stereocenters. The van der Waals surface area contributed by atoms with Crippen LogP contribution in [-0.4, -0.2) is 60.0 Å². The van der Waals surface area contributed by atoms with Gasteiger partial charge in [-0.25, -0.2) is 9.07 Å². The molecule has 2 heterocycles. The van der Waals surface area contributed by atoms with Crippen LogP contribution in [0, 0.1) is 5.82 Å². The van der Waals surface area contributed by atoms with Crippen LogP contribution in [0.3, 0.4) is 0 Å². The molecule has 1 aliphatic heterocycles. The Morgan fingerprint density at radius 1 is 1.10 bits per heavy atom. The standard InChI is InChI=1S/C23H27FN6O/c1-3-12-28-13-15-29(16-14-28)22(19-6-8-20(24)9-7-19)23-25-26-27-30(23)17-18-4-10-21(31-2)11-5-18/h3-11,22H,1,12-17H2,2H3/p+2/t22-/m0/s1. The Hall–Kier alpha value is -3.10. The second kappa shape index (κ2) is 9.80. The third-order valence-corrected chi connectivity index (χ3v) is 5.95. The highest BCUT2D eigenvalue weighted by atomic mass is 19.1. The summed E-state index contributed by atoms with van der Waals surface area (Å²) in [5, 5.41) is 12.7. The molecule has 0 saturated carbocycles. The van der Waals surface area contributed by atoms with Crippen molar-refractivity contribution in [3.63, 3.8) is 0 Å². The lowest BCUT2D eigenvalue weighted by atomic mass is 10.0.